The molecule has 3 aromatic rings. The van der Waals surface area contributed by atoms with Gasteiger partial charge in [0.15, 0.2) is 11.5 Å². The third-order valence-corrected chi connectivity index (χ3v) is 5.57. The molecule has 0 bridgehead atoms. The fraction of sp³-hybridized carbons (Fsp3) is 0.320. The number of hydrogen-bond acceptors (Lipinski definition) is 5. The normalized spacial score (nSPS) is 16.0. The maximum atomic E-state index is 13.5. The molecule has 6 heteroatoms. The number of ether oxygens (including phenoxy) is 2. The highest BCUT2D eigenvalue weighted by atomic mass is 16.5. The number of benzene rings is 1. The first-order valence-electron chi connectivity index (χ1n) is 10.6. The number of hydrogen-bond donors (Lipinski definition) is 0. The Morgan fingerprint density at radius 2 is 2.06 bits per heavy atom. The Morgan fingerprint density at radius 3 is 2.84 bits per heavy atom. The fourth-order valence-corrected chi connectivity index (χ4v) is 4.06. The molecule has 1 aliphatic heterocycles. The number of rotatable bonds is 7. The average molecular weight is 418 g/mol. The van der Waals surface area contributed by atoms with Gasteiger partial charge in [-0.05, 0) is 61.1 Å². The van der Waals surface area contributed by atoms with Crippen molar-refractivity contribution in [1.82, 2.24) is 14.9 Å². The molecule has 1 unspecified atom stereocenters. The summed E-state index contributed by atoms with van der Waals surface area (Å²) >= 11 is 0. The summed E-state index contributed by atoms with van der Waals surface area (Å²) in [4.78, 5) is 23.9. The number of pyridine rings is 2. The van der Waals surface area contributed by atoms with E-state index >= 15 is 0 Å². The maximum absolute atomic E-state index is 13.5. The molecule has 160 valence electrons. The van der Waals surface area contributed by atoms with Crippen LogP contribution in [-0.4, -0.2) is 41.0 Å². The SMILES string of the molecule is COc1cccc(C(=O)N2CCCC(Cc3cccnc3)C2)c1OCc1ccccn1. The minimum atomic E-state index is -0.0224. The summed E-state index contributed by atoms with van der Waals surface area (Å²) in [5.74, 6) is 1.41. The van der Waals surface area contributed by atoms with Crippen LogP contribution >= 0.6 is 0 Å². The zero-order chi connectivity index (χ0) is 21.5. The molecule has 0 saturated carbocycles. The van der Waals surface area contributed by atoms with Crippen molar-refractivity contribution in [2.75, 3.05) is 20.2 Å². The van der Waals surface area contributed by atoms with Gasteiger partial charge in [-0.25, -0.2) is 0 Å². The van der Waals surface area contributed by atoms with Crippen LogP contribution in [0.4, 0.5) is 0 Å². The second-order valence-corrected chi connectivity index (χ2v) is 7.77. The van der Waals surface area contributed by atoms with E-state index in [4.69, 9.17) is 9.47 Å². The summed E-state index contributed by atoms with van der Waals surface area (Å²) < 4.78 is 11.5. The topological polar surface area (TPSA) is 64.5 Å². The molecule has 0 aliphatic carbocycles. The minimum absolute atomic E-state index is 0.0224. The van der Waals surface area contributed by atoms with Crippen molar-refractivity contribution >= 4 is 5.91 Å². The zero-order valence-electron chi connectivity index (χ0n) is 17.7. The quantitative estimate of drug-likeness (QED) is 0.578. The molecule has 0 N–H and O–H groups in total. The fourth-order valence-electron chi connectivity index (χ4n) is 4.06. The van der Waals surface area contributed by atoms with Gasteiger partial charge in [0.2, 0.25) is 0 Å². The summed E-state index contributed by atoms with van der Waals surface area (Å²) in [7, 11) is 1.59. The van der Waals surface area contributed by atoms with E-state index in [1.165, 1.54) is 5.56 Å². The van der Waals surface area contributed by atoms with Gasteiger partial charge in [-0.3, -0.25) is 14.8 Å². The third-order valence-electron chi connectivity index (χ3n) is 5.57. The summed E-state index contributed by atoms with van der Waals surface area (Å²) in [6, 6.07) is 15.2. The monoisotopic (exact) mass is 417 g/mol. The Bertz CT molecular complexity index is 995. The van der Waals surface area contributed by atoms with Crippen LogP contribution in [0.15, 0.2) is 67.1 Å². The van der Waals surface area contributed by atoms with Gasteiger partial charge >= 0.3 is 0 Å². The van der Waals surface area contributed by atoms with E-state index in [1.807, 2.05) is 53.6 Å². The van der Waals surface area contributed by atoms with Crippen LogP contribution in [0, 0.1) is 5.92 Å². The lowest BCUT2D eigenvalue weighted by Crippen LogP contribution is -2.40. The molecule has 0 radical (unpaired) electrons. The Hall–Kier alpha value is -3.41. The molecule has 4 rings (SSSR count). The van der Waals surface area contributed by atoms with Crippen molar-refractivity contribution in [2.45, 2.75) is 25.9 Å². The number of piperidine rings is 1. The first kappa shape index (κ1) is 20.8. The Kier molecular flexibility index (Phi) is 6.77. The molecule has 6 nitrogen and oxygen atoms in total. The smallest absolute Gasteiger partial charge is 0.257 e. The molecule has 1 aliphatic rings. The maximum Gasteiger partial charge on any atom is 0.257 e. The van der Waals surface area contributed by atoms with Crippen LogP contribution in [0.2, 0.25) is 0 Å². The predicted molar refractivity (Wildman–Crippen MR) is 118 cm³/mol. The van der Waals surface area contributed by atoms with Crippen molar-refractivity contribution in [3.8, 4) is 11.5 Å². The van der Waals surface area contributed by atoms with Crippen LogP contribution in [0.25, 0.3) is 0 Å². The first-order chi connectivity index (χ1) is 15.2. The van der Waals surface area contributed by atoms with Gasteiger partial charge < -0.3 is 14.4 Å². The Morgan fingerprint density at radius 1 is 1.13 bits per heavy atom. The lowest BCUT2D eigenvalue weighted by Gasteiger charge is -2.33. The molecule has 1 fully saturated rings. The second-order valence-electron chi connectivity index (χ2n) is 7.77. The summed E-state index contributed by atoms with van der Waals surface area (Å²) in [6.07, 6.45) is 8.45. The van der Waals surface area contributed by atoms with E-state index in [0.29, 0.717) is 23.0 Å². The molecule has 2 aromatic heterocycles. The number of nitrogens with zero attached hydrogens (tertiary/aromatic N) is 3. The summed E-state index contributed by atoms with van der Waals surface area (Å²) in [5.41, 5.74) is 2.53. The summed E-state index contributed by atoms with van der Waals surface area (Å²) in [6.45, 7) is 1.75. The number of carbonyl (C=O) groups excluding carboxylic acids is 1. The molecule has 1 atom stereocenters. The van der Waals surface area contributed by atoms with Crippen LogP contribution in [0.1, 0.15) is 34.5 Å². The lowest BCUT2D eigenvalue weighted by molar-refractivity contribution is 0.0667. The van der Waals surface area contributed by atoms with Crippen LogP contribution in [-0.2, 0) is 13.0 Å². The number of likely N-dealkylation sites (tertiary alicyclic amines) is 1. The Labute approximate surface area is 182 Å². The molecular weight excluding hydrogens is 390 g/mol. The van der Waals surface area contributed by atoms with Gasteiger partial charge in [-0.2, -0.15) is 0 Å². The van der Waals surface area contributed by atoms with Crippen molar-refractivity contribution in [3.63, 3.8) is 0 Å². The number of amides is 1. The molecule has 31 heavy (non-hydrogen) atoms. The number of methoxy groups -OCH3 is 1. The standard InChI is InChI=1S/C25H27N3O3/c1-30-23-11-4-10-22(24(23)31-18-21-9-2-3-13-27-21)25(29)28-14-6-8-20(17-28)15-19-7-5-12-26-16-19/h2-5,7,9-13,16,20H,6,8,14-15,17-18H2,1H3. The number of aromatic nitrogens is 2. The van der Waals surface area contributed by atoms with Gasteiger partial charge in [-0.1, -0.05) is 18.2 Å². The van der Waals surface area contributed by atoms with Gasteiger partial charge in [0, 0.05) is 31.7 Å². The first-order valence-corrected chi connectivity index (χ1v) is 10.6. The molecule has 1 amide bonds. The second kappa shape index (κ2) is 10.1. The molecule has 0 spiro atoms. The van der Waals surface area contributed by atoms with Crippen LogP contribution < -0.4 is 9.47 Å². The van der Waals surface area contributed by atoms with E-state index < -0.39 is 0 Å². The highest BCUT2D eigenvalue weighted by Gasteiger charge is 2.27. The number of carbonyl (C=O) groups is 1. The molecular formula is C25H27N3O3. The van der Waals surface area contributed by atoms with E-state index in [9.17, 15) is 4.79 Å². The molecule has 1 aromatic carbocycles. The van der Waals surface area contributed by atoms with E-state index in [2.05, 4.69) is 16.0 Å². The average Bonchev–Trinajstić information content (AvgIpc) is 2.83. The third kappa shape index (κ3) is 5.20. The van der Waals surface area contributed by atoms with Gasteiger partial charge in [0.1, 0.15) is 6.61 Å². The van der Waals surface area contributed by atoms with Gasteiger partial charge in [0.05, 0.1) is 18.4 Å². The van der Waals surface area contributed by atoms with E-state index in [1.54, 1.807) is 19.5 Å². The van der Waals surface area contributed by atoms with Crippen molar-refractivity contribution < 1.29 is 14.3 Å². The van der Waals surface area contributed by atoms with Gasteiger partial charge in [0.25, 0.3) is 5.91 Å². The molecule has 1 saturated heterocycles. The zero-order valence-corrected chi connectivity index (χ0v) is 17.7. The van der Waals surface area contributed by atoms with E-state index in [0.717, 1.165) is 38.0 Å². The van der Waals surface area contributed by atoms with Crippen LogP contribution in [0.3, 0.4) is 0 Å². The van der Waals surface area contributed by atoms with E-state index in [-0.39, 0.29) is 12.5 Å². The molecule has 3 heterocycles. The minimum Gasteiger partial charge on any atom is -0.493 e. The number of para-hydroxylation sites is 1. The predicted octanol–water partition coefficient (Wildman–Crippen LogP) is 4.16. The highest BCUT2D eigenvalue weighted by molar-refractivity contribution is 5.98. The van der Waals surface area contributed by atoms with Crippen molar-refractivity contribution in [1.29, 1.82) is 0 Å². The lowest BCUT2D eigenvalue weighted by atomic mass is 9.91. The summed E-state index contributed by atoms with van der Waals surface area (Å²) in [5, 5.41) is 0. The Balaban J connectivity index is 1.50. The van der Waals surface area contributed by atoms with Crippen molar-refractivity contribution in [2.24, 2.45) is 5.92 Å². The van der Waals surface area contributed by atoms with Gasteiger partial charge in [-0.15, -0.1) is 0 Å². The highest BCUT2D eigenvalue weighted by Crippen LogP contribution is 2.33. The largest absolute Gasteiger partial charge is 0.493 e. The van der Waals surface area contributed by atoms with Crippen LogP contribution in [0.5, 0.6) is 11.5 Å². The van der Waals surface area contributed by atoms with Crippen molar-refractivity contribution in [3.05, 3.63) is 83.9 Å².